The van der Waals surface area contributed by atoms with Crippen LogP contribution >= 0.6 is 0 Å². The fourth-order valence-corrected chi connectivity index (χ4v) is 2.14. The number of benzene rings is 3. The SMILES string of the molecule is COc1ccc([S-])cc1.COc1ccc([S-])cc1.COc1ccc([S-])cc1.[Yb+3]. The third kappa shape index (κ3) is 11.9. The van der Waals surface area contributed by atoms with Crippen molar-refractivity contribution in [3.05, 3.63) is 72.8 Å². The monoisotopic (exact) mass is 591 g/mol. The van der Waals surface area contributed by atoms with E-state index in [-0.39, 0.29) is 46.9 Å². The molecule has 0 saturated heterocycles. The van der Waals surface area contributed by atoms with Crippen molar-refractivity contribution in [1.82, 2.24) is 0 Å². The molecule has 0 saturated carbocycles. The van der Waals surface area contributed by atoms with Gasteiger partial charge in [-0.3, -0.25) is 0 Å². The van der Waals surface area contributed by atoms with Gasteiger partial charge in [0.1, 0.15) is 17.2 Å². The average Bonchev–Trinajstić information content (AvgIpc) is 2.71. The first-order valence-corrected chi connectivity index (χ1v) is 9.14. The van der Waals surface area contributed by atoms with Crippen molar-refractivity contribution in [3.8, 4) is 17.2 Å². The minimum absolute atomic E-state index is 0. The summed E-state index contributed by atoms with van der Waals surface area (Å²) in [4.78, 5) is 2.53. The van der Waals surface area contributed by atoms with Gasteiger partial charge in [0.15, 0.2) is 0 Å². The van der Waals surface area contributed by atoms with Gasteiger partial charge >= 0.3 is 46.9 Å². The summed E-state index contributed by atoms with van der Waals surface area (Å²) in [5.74, 6) is 2.55. The second-order valence-electron chi connectivity index (χ2n) is 5.03. The Bertz CT molecular complexity index is 656. The molecule has 3 aromatic rings. The summed E-state index contributed by atoms with van der Waals surface area (Å²) < 4.78 is 14.8. The second kappa shape index (κ2) is 16.1. The van der Waals surface area contributed by atoms with E-state index in [1.54, 1.807) is 21.3 Å². The summed E-state index contributed by atoms with van der Waals surface area (Å²) in [6.45, 7) is 0. The molecule has 0 aliphatic heterocycles. The van der Waals surface area contributed by atoms with Gasteiger partial charge in [-0.1, -0.05) is 36.4 Å². The van der Waals surface area contributed by atoms with Crippen LogP contribution in [0.3, 0.4) is 0 Å². The van der Waals surface area contributed by atoms with Gasteiger partial charge in [-0.25, -0.2) is 0 Å². The summed E-state index contributed by atoms with van der Waals surface area (Å²) >= 11 is 14.6. The molecule has 0 fully saturated rings. The molecular formula is C21H21O3S3Yb. The molecule has 7 heteroatoms. The largest absolute Gasteiger partial charge is 3.00 e. The van der Waals surface area contributed by atoms with Gasteiger partial charge in [-0.2, -0.15) is 14.7 Å². The van der Waals surface area contributed by atoms with E-state index in [2.05, 4.69) is 0 Å². The van der Waals surface area contributed by atoms with Gasteiger partial charge in [-0.05, 0) is 36.4 Å². The van der Waals surface area contributed by atoms with Crippen molar-refractivity contribution in [2.45, 2.75) is 14.7 Å². The van der Waals surface area contributed by atoms with Gasteiger partial charge in [0, 0.05) is 0 Å². The topological polar surface area (TPSA) is 27.7 Å². The van der Waals surface area contributed by atoms with E-state index >= 15 is 0 Å². The normalized spacial score (nSPS) is 8.68. The molecule has 0 aliphatic rings. The molecule has 0 aliphatic carbocycles. The van der Waals surface area contributed by atoms with Crippen molar-refractivity contribution in [3.63, 3.8) is 0 Å². The van der Waals surface area contributed by atoms with Crippen molar-refractivity contribution >= 4 is 37.9 Å². The van der Waals surface area contributed by atoms with E-state index < -0.39 is 0 Å². The second-order valence-corrected chi connectivity index (χ2v) is 6.44. The molecule has 1 radical (unpaired) electrons. The van der Waals surface area contributed by atoms with Crippen LogP contribution in [0, 0.1) is 46.9 Å². The molecule has 3 aromatic carbocycles. The van der Waals surface area contributed by atoms with E-state index in [0.29, 0.717) is 0 Å². The van der Waals surface area contributed by atoms with Crippen LogP contribution in [0.15, 0.2) is 87.5 Å². The van der Waals surface area contributed by atoms with Gasteiger partial charge < -0.3 is 52.1 Å². The van der Waals surface area contributed by atoms with Gasteiger partial charge in [-0.15, -0.1) is 0 Å². The summed E-state index contributed by atoms with van der Waals surface area (Å²) in [6.07, 6.45) is 0. The smallest absolute Gasteiger partial charge is 0.780 e. The standard InChI is InChI=1S/3C7H8OS.Yb/c3*1-8-6-2-4-7(9)5-3-6;/h3*2-5,9H,1H3;/q;;;+3/p-3. The minimum Gasteiger partial charge on any atom is -0.780 e. The number of methoxy groups -OCH3 is 3. The van der Waals surface area contributed by atoms with Gasteiger partial charge in [0.2, 0.25) is 0 Å². The summed E-state index contributed by atoms with van der Waals surface area (Å²) in [6, 6.07) is 22.1. The maximum Gasteiger partial charge on any atom is 3.00 e. The van der Waals surface area contributed by atoms with Crippen LogP contribution in [0.1, 0.15) is 0 Å². The predicted molar refractivity (Wildman–Crippen MR) is 116 cm³/mol. The van der Waals surface area contributed by atoms with E-state index in [9.17, 15) is 0 Å². The van der Waals surface area contributed by atoms with Gasteiger partial charge in [0.25, 0.3) is 0 Å². The third-order valence-electron chi connectivity index (χ3n) is 3.18. The molecule has 0 atom stereocenters. The van der Waals surface area contributed by atoms with Crippen molar-refractivity contribution in [2.75, 3.05) is 21.3 Å². The molecule has 0 heterocycles. The molecule has 28 heavy (non-hydrogen) atoms. The van der Waals surface area contributed by atoms with Crippen LogP contribution in [0.2, 0.25) is 0 Å². The molecule has 3 nitrogen and oxygen atoms in total. The maximum absolute atomic E-state index is 4.92. The van der Waals surface area contributed by atoms with Crippen molar-refractivity contribution < 1.29 is 61.1 Å². The molecule has 155 valence electrons. The maximum atomic E-state index is 4.92. The predicted octanol–water partition coefficient (Wildman–Crippen LogP) is 4.80. The fourth-order valence-electron chi connectivity index (χ4n) is 1.73. The minimum atomic E-state index is 0. The molecule has 0 spiro atoms. The number of hydrogen-bond donors (Lipinski definition) is 0. The first-order chi connectivity index (χ1) is 13.0. The molecule has 0 N–H and O–H groups in total. The Hall–Kier alpha value is -0.761. The Labute approximate surface area is 222 Å². The Morgan fingerprint density at radius 3 is 0.750 bits per heavy atom. The molecule has 0 unspecified atom stereocenters. The number of hydrogen-bond acceptors (Lipinski definition) is 6. The Balaban J connectivity index is 0.000000384. The summed E-state index contributed by atoms with van der Waals surface area (Å²) in [5.41, 5.74) is 0. The zero-order valence-corrected chi connectivity index (χ0v) is 19.8. The van der Waals surface area contributed by atoms with E-state index in [4.69, 9.17) is 52.1 Å². The van der Waals surface area contributed by atoms with Crippen molar-refractivity contribution in [1.29, 1.82) is 0 Å². The van der Waals surface area contributed by atoms with E-state index in [1.165, 1.54) is 0 Å². The van der Waals surface area contributed by atoms with E-state index in [1.807, 2.05) is 72.8 Å². The Kier molecular flexibility index (Phi) is 15.6. The quantitative estimate of drug-likeness (QED) is 0.407. The first kappa shape index (κ1) is 27.2. The summed E-state index contributed by atoms with van der Waals surface area (Å²) in [7, 11) is 4.91. The zero-order valence-electron chi connectivity index (χ0n) is 15.6. The van der Waals surface area contributed by atoms with Crippen LogP contribution < -0.4 is 14.2 Å². The number of ether oxygens (including phenoxy) is 3. The molecule has 3 rings (SSSR count). The van der Waals surface area contributed by atoms with Crippen LogP contribution in [0.25, 0.3) is 0 Å². The van der Waals surface area contributed by atoms with Gasteiger partial charge in [0.05, 0.1) is 21.3 Å². The molecular weight excluding hydrogens is 569 g/mol. The van der Waals surface area contributed by atoms with E-state index in [0.717, 1.165) is 31.9 Å². The van der Waals surface area contributed by atoms with Crippen LogP contribution in [-0.4, -0.2) is 21.3 Å². The van der Waals surface area contributed by atoms with Crippen LogP contribution in [0.4, 0.5) is 0 Å². The molecule has 0 amide bonds. The van der Waals surface area contributed by atoms with Crippen LogP contribution in [-0.2, 0) is 37.9 Å². The summed E-state index contributed by atoms with van der Waals surface area (Å²) in [5, 5.41) is 0. The molecule has 0 bridgehead atoms. The zero-order chi connectivity index (χ0) is 20.1. The average molecular weight is 591 g/mol. The number of rotatable bonds is 3. The molecule has 0 aromatic heterocycles. The Morgan fingerprint density at radius 1 is 0.429 bits per heavy atom. The fraction of sp³-hybridized carbons (Fsp3) is 0.143. The van der Waals surface area contributed by atoms with Crippen molar-refractivity contribution in [2.24, 2.45) is 0 Å². The Morgan fingerprint density at radius 2 is 0.607 bits per heavy atom. The third-order valence-corrected chi connectivity index (χ3v) is 3.99. The first-order valence-electron chi connectivity index (χ1n) is 7.91. The van der Waals surface area contributed by atoms with Crippen LogP contribution in [0.5, 0.6) is 17.2 Å².